The number of rotatable bonds is 3. The van der Waals surface area contributed by atoms with Crippen LogP contribution in [-0.2, 0) is 6.54 Å². The van der Waals surface area contributed by atoms with Crippen molar-refractivity contribution in [3.05, 3.63) is 69.8 Å². The van der Waals surface area contributed by atoms with Gasteiger partial charge in [0.05, 0.1) is 17.8 Å². The molecule has 0 aliphatic rings. The van der Waals surface area contributed by atoms with Crippen molar-refractivity contribution in [1.82, 2.24) is 4.98 Å². The highest BCUT2D eigenvalue weighted by Gasteiger charge is 2.02. The van der Waals surface area contributed by atoms with Gasteiger partial charge >= 0.3 is 0 Å². The second kappa shape index (κ2) is 5.81. The normalized spacial score (nSPS) is 10.7. The molecule has 0 saturated carbocycles. The molecule has 0 bridgehead atoms. The van der Waals surface area contributed by atoms with Crippen LogP contribution in [0.25, 0.3) is 10.9 Å². The van der Waals surface area contributed by atoms with Gasteiger partial charge in [0, 0.05) is 20.6 Å². The number of halogens is 2. The first kappa shape index (κ1) is 13.4. The second-order valence-corrected chi connectivity index (χ2v) is 5.76. The summed E-state index contributed by atoms with van der Waals surface area (Å²) < 4.78 is 0.950. The molecule has 0 fully saturated rings. The Hall–Kier alpha value is -1.58. The summed E-state index contributed by atoms with van der Waals surface area (Å²) in [6, 6.07) is 17.9. The van der Waals surface area contributed by atoms with E-state index < -0.39 is 0 Å². The zero-order valence-electron chi connectivity index (χ0n) is 10.6. The summed E-state index contributed by atoms with van der Waals surface area (Å²) in [6.45, 7) is 0.672. The van der Waals surface area contributed by atoms with E-state index in [1.165, 1.54) is 0 Å². The minimum atomic E-state index is 0.672. The molecular weight excluding hydrogens is 336 g/mol. The summed E-state index contributed by atoms with van der Waals surface area (Å²) in [4.78, 5) is 4.63. The van der Waals surface area contributed by atoms with Gasteiger partial charge in [0.25, 0.3) is 0 Å². The zero-order chi connectivity index (χ0) is 13.9. The van der Waals surface area contributed by atoms with E-state index in [0.717, 1.165) is 26.8 Å². The third-order valence-corrected chi connectivity index (χ3v) is 3.94. The lowest BCUT2D eigenvalue weighted by Crippen LogP contribution is -2.02. The van der Waals surface area contributed by atoms with E-state index in [1.54, 1.807) is 0 Å². The van der Waals surface area contributed by atoms with Crippen LogP contribution in [0.1, 0.15) is 5.69 Å². The number of benzene rings is 2. The maximum Gasteiger partial charge on any atom is 0.0706 e. The van der Waals surface area contributed by atoms with Crippen LogP contribution in [0, 0.1) is 0 Å². The van der Waals surface area contributed by atoms with Gasteiger partial charge in [0.1, 0.15) is 0 Å². The molecule has 0 radical (unpaired) electrons. The highest BCUT2D eigenvalue weighted by atomic mass is 79.9. The van der Waals surface area contributed by atoms with Crippen LogP contribution in [0.5, 0.6) is 0 Å². The number of fused-ring (bicyclic) bond motifs is 1. The van der Waals surface area contributed by atoms with E-state index in [-0.39, 0.29) is 0 Å². The number of nitrogens with zero attached hydrogens (tertiary/aromatic N) is 1. The summed E-state index contributed by atoms with van der Waals surface area (Å²) in [6.07, 6.45) is 0. The van der Waals surface area contributed by atoms with E-state index in [4.69, 9.17) is 11.6 Å². The molecule has 4 heteroatoms. The Labute approximate surface area is 130 Å². The standard InChI is InChI=1S/C16H12BrClN2/c17-14-9-12(18)6-8-16(14)19-10-13-7-5-11-3-1-2-4-15(11)20-13/h1-9,19H,10H2. The van der Waals surface area contributed by atoms with Gasteiger partial charge in [-0.15, -0.1) is 0 Å². The summed E-state index contributed by atoms with van der Waals surface area (Å²) in [5.74, 6) is 0. The van der Waals surface area contributed by atoms with Crippen molar-refractivity contribution in [3.63, 3.8) is 0 Å². The molecule has 100 valence electrons. The molecule has 0 aliphatic carbocycles. The van der Waals surface area contributed by atoms with Crippen molar-refractivity contribution >= 4 is 44.1 Å². The number of pyridine rings is 1. The first-order valence-electron chi connectivity index (χ1n) is 6.26. The number of hydrogen-bond acceptors (Lipinski definition) is 2. The van der Waals surface area contributed by atoms with Crippen LogP contribution in [-0.4, -0.2) is 4.98 Å². The molecule has 0 saturated heterocycles. The van der Waals surface area contributed by atoms with Gasteiger partial charge in [-0.1, -0.05) is 35.9 Å². The van der Waals surface area contributed by atoms with Gasteiger partial charge in [-0.25, -0.2) is 0 Å². The highest BCUT2D eigenvalue weighted by molar-refractivity contribution is 9.10. The summed E-state index contributed by atoms with van der Waals surface area (Å²) in [5, 5.41) is 5.22. The molecule has 3 rings (SSSR count). The van der Waals surface area contributed by atoms with Crippen molar-refractivity contribution in [2.24, 2.45) is 0 Å². The lowest BCUT2D eigenvalue weighted by molar-refractivity contribution is 1.07. The van der Waals surface area contributed by atoms with Crippen molar-refractivity contribution in [1.29, 1.82) is 0 Å². The number of aromatic nitrogens is 1. The molecular formula is C16H12BrClN2. The molecule has 3 aromatic rings. The van der Waals surface area contributed by atoms with Crippen molar-refractivity contribution in [2.45, 2.75) is 6.54 Å². The SMILES string of the molecule is Clc1ccc(NCc2ccc3ccccc3n2)c(Br)c1. The smallest absolute Gasteiger partial charge is 0.0706 e. The monoisotopic (exact) mass is 346 g/mol. The van der Waals surface area contributed by atoms with E-state index in [1.807, 2.05) is 42.5 Å². The fourth-order valence-electron chi connectivity index (χ4n) is 2.03. The third-order valence-electron chi connectivity index (χ3n) is 3.05. The molecule has 0 unspecified atom stereocenters. The Morgan fingerprint density at radius 3 is 2.75 bits per heavy atom. The Morgan fingerprint density at radius 2 is 1.90 bits per heavy atom. The maximum atomic E-state index is 5.93. The minimum Gasteiger partial charge on any atom is -0.378 e. The molecule has 0 amide bonds. The third kappa shape index (κ3) is 2.94. The second-order valence-electron chi connectivity index (χ2n) is 4.47. The highest BCUT2D eigenvalue weighted by Crippen LogP contribution is 2.26. The Kier molecular flexibility index (Phi) is 3.90. The average molecular weight is 348 g/mol. The summed E-state index contributed by atoms with van der Waals surface area (Å²) in [7, 11) is 0. The number of para-hydroxylation sites is 1. The van der Waals surface area contributed by atoms with E-state index in [2.05, 4.69) is 38.4 Å². The zero-order valence-corrected chi connectivity index (χ0v) is 12.9. The molecule has 0 spiro atoms. The fourth-order valence-corrected chi connectivity index (χ4v) is 2.85. The van der Waals surface area contributed by atoms with Crippen LogP contribution in [0.2, 0.25) is 5.02 Å². The topological polar surface area (TPSA) is 24.9 Å². The first-order valence-corrected chi connectivity index (χ1v) is 7.43. The summed E-state index contributed by atoms with van der Waals surface area (Å²) >= 11 is 9.42. The van der Waals surface area contributed by atoms with E-state index in [0.29, 0.717) is 11.6 Å². The Bertz CT molecular complexity index is 758. The fraction of sp³-hybridized carbons (Fsp3) is 0.0625. The molecule has 20 heavy (non-hydrogen) atoms. The van der Waals surface area contributed by atoms with Gasteiger partial charge in [0.2, 0.25) is 0 Å². The largest absolute Gasteiger partial charge is 0.378 e. The lowest BCUT2D eigenvalue weighted by atomic mass is 10.2. The van der Waals surface area contributed by atoms with Gasteiger partial charge in [0.15, 0.2) is 0 Å². The van der Waals surface area contributed by atoms with Gasteiger partial charge in [-0.05, 0) is 46.3 Å². The van der Waals surface area contributed by atoms with Gasteiger partial charge in [-0.2, -0.15) is 0 Å². The number of hydrogen-bond donors (Lipinski definition) is 1. The van der Waals surface area contributed by atoms with Crippen LogP contribution in [0.4, 0.5) is 5.69 Å². The number of anilines is 1. The molecule has 0 aliphatic heterocycles. The van der Waals surface area contributed by atoms with Gasteiger partial charge in [-0.3, -0.25) is 4.98 Å². The maximum absolute atomic E-state index is 5.93. The van der Waals surface area contributed by atoms with Crippen molar-refractivity contribution < 1.29 is 0 Å². The number of nitrogens with one attached hydrogen (secondary N) is 1. The first-order chi connectivity index (χ1) is 9.72. The molecule has 2 aromatic carbocycles. The van der Waals surface area contributed by atoms with E-state index >= 15 is 0 Å². The van der Waals surface area contributed by atoms with Crippen LogP contribution in [0.15, 0.2) is 59.1 Å². The Balaban J connectivity index is 1.79. The lowest BCUT2D eigenvalue weighted by Gasteiger charge is -2.09. The molecule has 1 heterocycles. The van der Waals surface area contributed by atoms with Crippen LogP contribution in [0.3, 0.4) is 0 Å². The van der Waals surface area contributed by atoms with E-state index in [9.17, 15) is 0 Å². The van der Waals surface area contributed by atoms with Crippen molar-refractivity contribution in [2.75, 3.05) is 5.32 Å². The average Bonchev–Trinajstić information content (AvgIpc) is 2.46. The molecule has 2 nitrogen and oxygen atoms in total. The molecule has 0 atom stereocenters. The van der Waals surface area contributed by atoms with Crippen molar-refractivity contribution in [3.8, 4) is 0 Å². The predicted octanol–water partition coefficient (Wildman–Crippen LogP) is 5.26. The summed E-state index contributed by atoms with van der Waals surface area (Å²) in [5.41, 5.74) is 3.02. The molecule has 1 aromatic heterocycles. The predicted molar refractivity (Wildman–Crippen MR) is 88.2 cm³/mol. The quantitative estimate of drug-likeness (QED) is 0.699. The van der Waals surface area contributed by atoms with Crippen LogP contribution < -0.4 is 5.32 Å². The Morgan fingerprint density at radius 1 is 1.05 bits per heavy atom. The van der Waals surface area contributed by atoms with Crippen LogP contribution >= 0.6 is 27.5 Å². The van der Waals surface area contributed by atoms with Gasteiger partial charge < -0.3 is 5.32 Å². The minimum absolute atomic E-state index is 0.672. The molecule has 1 N–H and O–H groups in total.